The molecule has 0 fully saturated rings. The predicted octanol–water partition coefficient (Wildman–Crippen LogP) is 0.298. The summed E-state index contributed by atoms with van der Waals surface area (Å²) in [6, 6.07) is 0. The maximum atomic E-state index is 11.0. The third-order valence-corrected chi connectivity index (χ3v) is 1.77. The molecule has 3 heteroatoms. The SMILES string of the molecule is CC(=O)C1(C)C=CN(C)N1. The van der Waals surface area contributed by atoms with Gasteiger partial charge in [-0.05, 0) is 19.9 Å². The molecule has 56 valence electrons. The molecule has 0 bridgehead atoms. The molecule has 0 aliphatic carbocycles. The number of carbonyl (C=O) groups excluding carboxylic acids is 1. The van der Waals surface area contributed by atoms with Crippen LogP contribution in [-0.2, 0) is 4.79 Å². The smallest absolute Gasteiger partial charge is 0.155 e. The zero-order valence-corrected chi connectivity index (χ0v) is 6.51. The fraction of sp³-hybridized carbons (Fsp3) is 0.571. The molecule has 1 atom stereocenters. The lowest BCUT2D eigenvalue weighted by Crippen LogP contribution is -2.47. The van der Waals surface area contributed by atoms with Crippen LogP contribution in [0.1, 0.15) is 13.8 Å². The second-order valence-corrected chi connectivity index (χ2v) is 2.80. The first-order valence-corrected chi connectivity index (χ1v) is 3.26. The molecule has 3 nitrogen and oxygen atoms in total. The molecule has 1 aliphatic rings. The van der Waals surface area contributed by atoms with Crippen LogP contribution in [0.2, 0.25) is 0 Å². The Hall–Kier alpha value is -0.830. The molecule has 0 amide bonds. The van der Waals surface area contributed by atoms with Crippen LogP contribution in [0.3, 0.4) is 0 Å². The van der Waals surface area contributed by atoms with E-state index in [9.17, 15) is 4.79 Å². The summed E-state index contributed by atoms with van der Waals surface area (Å²) in [7, 11) is 1.87. The molecule has 1 aliphatic heterocycles. The van der Waals surface area contributed by atoms with Crippen molar-refractivity contribution in [3.8, 4) is 0 Å². The second kappa shape index (κ2) is 2.09. The van der Waals surface area contributed by atoms with Gasteiger partial charge >= 0.3 is 0 Å². The summed E-state index contributed by atoms with van der Waals surface area (Å²) in [5, 5.41) is 1.78. The van der Waals surface area contributed by atoms with Crippen molar-refractivity contribution in [3.63, 3.8) is 0 Å². The number of hydrogen-bond acceptors (Lipinski definition) is 3. The van der Waals surface area contributed by atoms with Crippen molar-refractivity contribution in [3.05, 3.63) is 12.3 Å². The van der Waals surface area contributed by atoms with Gasteiger partial charge < -0.3 is 5.01 Å². The summed E-state index contributed by atoms with van der Waals surface area (Å²) in [6.45, 7) is 3.44. The third-order valence-electron chi connectivity index (χ3n) is 1.77. The summed E-state index contributed by atoms with van der Waals surface area (Å²) in [5.41, 5.74) is 2.52. The quantitative estimate of drug-likeness (QED) is 0.568. The average molecular weight is 140 g/mol. The summed E-state index contributed by atoms with van der Waals surface area (Å²) < 4.78 is 0. The van der Waals surface area contributed by atoms with E-state index in [-0.39, 0.29) is 5.78 Å². The molecule has 1 unspecified atom stereocenters. The van der Waals surface area contributed by atoms with Crippen molar-refractivity contribution in [2.24, 2.45) is 0 Å². The van der Waals surface area contributed by atoms with E-state index in [4.69, 9.17) is 0 Å². The van der Waals surface area contributed by atoms with Crippen molar-refractivity contribution in [2.45, 2.75) is 19.4 Å². The predicted molar refractivity (Wildman–Crippen MR) is 39.1 cm³/mol. The van der Waals surface area contributed by atoms with Gasteiger partial charge in [0.2, 0.25) is 0 Å². The molecule has 10 heavy (non-hydrogen) atoms. The molecular weight excluding hydrogens is 128 g/mol. The van der Waals surface area contributed by atoms with Crippen molar-refractivity contribution in [2.75, 3.05) is 7.05 Å². The number of hydrogen-bond donors (Lipinski definition) is 1. The van der Waals surface area contributed by atoms with Gasteiger partial charge in [0.25, 0.3) is 0 Å². The molecule has 0 aromatic carbocycles. The van der Waals surface area contributed by atoms with Gasteiger partial charge in [0.05, 0.1) is 0 Å². The number of carbonyl (C=O) groups is 1. The first kappa shape index (κ1) is 7.28. The summed E-state index contributed by atoms with van der Waals surface area (Å²) in [6.07, 6.45) is 3.71. The topological polar surface area (TPSA) is 32.3 Å². The van der Waals surface area contributed by atoms with Gasteiger partial charge in [0.1, 0.15) is 5.54 Å². The van der Waals surface area contributed by atoms with E-state index >= 15 is 0 Å². The van der Waals surface area contributed by atoms with Gasteiger partial charge in [0.15, 0.2) is 5.78 Å². The lowest BCUT2D eigenvalue weighted by molar-refractivity contribution is -0.121. The van der Waals surface area contributed by atoms with E-state index < -0.39 is 5.54 Å². The van der Waals surface area contributed by atoms with Crippen molar-refractivity contribution >= 4 is 5.78 Å². The fourth-order valence-electron chi connectivity index (χ4n) is 0.898. The van der Waals surface area contributed by atoms with Crippen LogP contribution < -0.4 is 5.43 Å². The number of Topliss-reactive ketones (excluding diaryl/α,β-unsaturated/α-hetero) is 1. The molecule has 0 aromatic rings. The van der Waals surface area contributed by atoms with Crippen molar-refractivity contribution < 1.29 is 4.79 Å². The summed E-state index contributed by atoms with van der Waals surface area (Å²) >= 11 is 0. The normalized spacial score (nSPS) is 31.3. The molecule has 0 radical (unpaired) electrons. The Balaban J connectivity index is 2.75. The molecule has 0 aromatic heterocycles. The Kier molecular flexibility index (Phi) is 1.52. The van der Waals surface area contributed by atoms with Crippen molar-refractivity contribution in [1.82, 2.24) is 10.4 Å². The molecule has 1 N–H and O–H groups in total. The largest absolute Gasteiger partial charge is 0.318 e. The van der Waals surface area contributed by atoms with Crippen molar-refractivity contribution in [1.29, 1.82) is 0 Å². The monoisotopic (exact) mass is 140 g/mol. The Morgan fingerprint density at radius 3 is 2.50 bits per heavy atom. The molecule has 0 saturated carbocycles. The maximum Gasteiger partial charge on any atom is 0.155 e. The van der Waals surface area contributed by atoms with E-state index in [0.29, 0.717) is 0 Å². The first-order chi connectivity index (χ1) is 4.54. The van der Waals surface area contributed by atoms with E-state index in [0.717, 1.165) is 0 Å². The number of rotatable bonds is 1. The highest BCUT2D eigenvalue weighted by Gasteiger charge is 2.30. The standard InChI is InChI=1S/C7H12N2O/c1-6(10)7(2)4-5-9(3)8-7/h4-5,8H,1-3H3. The fourth-order valence-corrected chi connectivity index (χ4v) is 0.898. The molecule has 1 heterocycles. The molecular formula is C7H12N2O. The summed E-state index contributed by atoms with van der Waals surface area (Å²) in [5.74, 6) is 0.133. The second-order valence-electron chi connectivity index (χ2n) is 2.80. The zero-order valence-electron chi connectivity index (χ0n) is 6.51. The third kappa shape index (κ3) is 1.04. The number of hydrazine groups is 1. The van der Waals surface area contributed by atoms with Crippen LogP contribution in [0, 0.1) is 0 Å². The Morgan fingerprint density at radius 2 is 2.30 bits per heavy atom. The van der Waals surface area contributed by atoms with Crippen LogP contribution in [-0.4, -0.2) is 23.4 Å². The zero-order chi connectivity index (χ0) is 7.78. The van der Waals surface area contributed by atoms with Crippen LogP contribution in [0.15, 0.2) is 12.3 Å². The van der Waals surface area contributed by atoms with Gasteiger partial charge in [0, 0.05) is 13.2 Å². The minimum Gasteiger partial charge on any atom is -0.318 e. The highest BCUT2D eigenvalue weighted by molar-refractivity contribution is 5.88. The van der Waals surface area contributed by atoms with E-state index in [1.54, 1.807) is 11.9 Å². The first-order valence-electron chi connectivity index (χ1n) is 3.26. The Labute approximate surface area is 60.7 Å². The van der Waals surface area contributed by atoms with Gasteiger partial charge in [-0.3, -0.25) is 4.79 Å². The highest BCUT2D eigenvalue weighted by atomic mass is 16.1. The lowest BCUT2D eigenvalue weighted by atomic mass is 10.00. The molecule has 0 spiro atoms. The maximum absolute atomic E-state index is 11.0. The van der Waals surface area contributed by atoms with Gasteiger partial charge in [-0.2, -0.15) is 0 Å². The van der Waals surface area contributed by atoms with Gasteiger partial charge in [-0.25, -0.2) is 5.43 Å². The highest BCUT2D eigenvalue weighted by Crippen LogP contribution is 2.13. The minimum absolute atomic E-state index is 0.133. The van der Waals surface area contributed by atoms with Gasteiger partial charge in [-0.15, -0.1) is 0 Å². The van der Waals surface area contributed by atoms with Crippen LogP contribution in [0.5, 0.6) is 0 Å². The van der Waals surface area contributed by atoms with Crippen LogP contribution in [0.4, 0.5) is 0 Å². The Morgan fingerprint density at radius 1 is 1.70 bits per heavy atom. The van der Waals surface area contributed by atoms with E-state index in [1.807, 2.05) is 26.2 Å². The molecule has 0 saturated heterocycles. The van der Waals surface area contributed by atoms with E-state index in [1.165, 1.54) is 0 Å². The number of nitrogens with zero attached hydrogens (tertiary/aromatic N) is 1. The summed E-state index contributed by atoms with van der Waals surface area (Å²) in [4.78, 5) is 11.0. The Bertz CT molecular complexity index is 188. The molecule has 1 rings (SSSR count). The average Bonchev–Trinajstić information content (AvgIpc) is 2.13. The van der Waals surface area contributed by atoms with Crippen LogP contribution >= 0.6 is 0 Å². The lowest BCUT2D eigenvalue weighted by Gasteiger charge is -2.21. The van der Waals surface area contributed by atoms with Gasteiger partial charge in [-0.1, -0.05) is 0 Å². The minimum atomic E-state index is -0.477. The number of ketones is 1. The van der Waals surface area contributed by atoms with E-state index in [2.05, 4.69) is 5.43 Å². The number of nitrogens with one attached hydrogen (secondary N) is 1. The van der Waals surface area contributed by atoms with Crippen LogP contribution in [0.25, 0.3) is 0 Å².